The maximum absolute atomic E-state index is 12.4. The Morgan fingerprint density at radius 1 is 1.25 bits per heavy atom. The van der Waals surface area contributed by atoms with Crippen molar-refractivity contribution in [3.63, 3.8) is 0 Å². The lowest BCUT2D eigenvalue weighted by atomic mass is 9.94. The molecule has 0 heterocycles. The molecule has 1 N–H and O–H groups in total. The molecule has 6 nitrogen and oxygen atoms in total. The topological polar surface area (TPSA) is 75.5 Å². The number of anilines is 1. The summed E-state index contributed by atoms with van der Waals surface area (Å²) in [5.74, 6) is 0.245. The maximum Gasteiger partial charge on any atom is 0.269 e. The second-order valence-corrected chi connectivity index (χ2v) is 6.31. The van der Waals surface area contributed by atoms with Gasteiger partial charge < -0.3 is 10.2 Å². The van der Waals surface area contributed by atoms with Crippen molar-refractivity contribution >= 4 is 17.3 Å². The molecule has 6 heteroatoms. The van der Waals surface area contributed by atoms with Gasteiger partial charge in [0.2, 0.25) is 5.91 Å². The minimum absolute atomic E-state index is 0.0850. The predicted molar refractivity (Wildman–Crippen MR) is 95.1 cm³/mol. The van der Waals surface area contributed by atoms with Crippen molar-refractivity contribution in [3.05, 3.63) is 34.4 Å². The number of rotatable bonds is 8. The highest BCUT2D eigenvalue weighted by molar-refractivity contribution is 5.76. The molecule has 1 aliphatic carbocycles. The lowest BCUT2D eigenvalue weighted by Gasteiger charge is -2.33. The number of carbonyl (C=O) groups is 1. The number of nitro groups is 1. The van der Waals surface area contributed by atoms with Crippen molar-refractivity contribution in [3.8, 4) is 0 Å². The van der Waals surface area contributed by atoms with Crippen molar-refractivity contribution < 1.29 is 9.72 Å². The molecule has 0 saturated heterocycles. The lowest BCUT2D eigenvalue weighted by molar-refractivity contribution is -0.384. The van der Waals surface area contributed by atoms with Gasteiger partial charge >= 0.3 is 0 Å². The molecule has 132 valence electrons. The van der Waals surface area contributed by atoms with Gasteiger partial charge in [-0.1, -0.05) is 19.3 Å². The van der Waals surface area contributed by atoms with Gasteiger partial charge in [-0.05, 0) is 38.3 Å². The highest BCUT2D eigenvalue weighted by Crippen LogP contribution is 2.23. The molecule has 0 aromatic heterocycles. The Hall–Kier alpha value is -2.11. The van der Waals surface area contributed by atoms with Crippen LogP contribution in [0.2, 0.25) is 0 Å². The Morgan fingerprint density at radius 2 is 1.92 bits per heavy atom. The van der Waals surface area contributed by atoms with Crippen LogP contribution in [0.3, 0.4) is 0 Å². The van der Waals surface area contributed by atoms with Crippen molar-refractivity contribution in [2.45, 2.75) is 57.9 Å². The lowest BCUT2D eigenvalue weighted by Crippen LogP contribution is -2.41. The SMILES string of the molecule is CCN(C(=O)CCCNc1ccc([N+](=O)[O-])cc1)C1CCCCC1. The molecule has 1 amide bonds. The number of hydrogen-bond donors (Lipinski definition) is 1. The third-order valence-electron chi connectivity index (χ3n) is 4.65. The molecule has 0 spiro atoms. The average Bonchev–Trinajstić information content (AvgIpc) is 2.61. The minimum atomic E-state index is -0.410. The van der Waals surface area contributed by atoms with E-state index in [0.717, 1.165) is 31.5 Å². The Kier molecular flexibility index (Phi) is 7.03. The number of hydrogen-bond acceptors (Lipinski definition) is 4. The summed E-state index contributed by atoms with van der Waals surface area (Å²) < 4.78 is 0. The van der Waals surface area contributed by atoms with E-state index >= 15 is 0 Å². The van der Waals surface area contributed by atoms with Crippen molar-refractivity contribution in [1.29, 1.82) is 0 Å². The highest BCUT2D eigenvalue weighted by atomic mass is 16.6. The molecule has 0 aliphatic heterocycles. The summed E-state index contributed by atoms with van der Waals surface area (Å²) >= 11 is 0. The number of nitrogens with zero attached hydrogens (tertiary/aromatic N) is 2. The largest absolute Gasteiger partial charge is 0.385 e. The van der Waals surface area contributed by atoms with Gasteiger partial charge in [-0.15, -0.1) is 0 Å². The molecule has 1 aromatic rings. The third kappa shape index (κ3) is 5.22. The zero-order chi connectivity index (χ0) is 17.4. The van der Waals surface area contributed by atoms with Crippen LogP contribution in [-0.4, -0.2) is 34.9 Å². The van der Waals surface area contributed by atoms with E-state index in [1.165, 1.54) is 31.4 Å². The second kappa shape index (κ2) is 9.25. The van der Waals surface area contributed by atoms with Crippen LogP contribution in [-0.2, 0) is 4.79 Å². The standard InChI is InChI=1S/C18H27N3O3/c1-2-20(16-7-4-3-5-8-16)18(22)9-6-14-19-15-10-12-17(13-11-15)21(23)24/h10-13,16,19H,2-9,14H2,1H3. The van der Waals surface area contributed by atoms with E-state index in [0.29, 0.717) is 19.0 Å². The van der Waals surface area contributed by atoms with E-state index in [9.17, 15) is 14.9 Å². The second-order valence-electron chi connectivity index (χ2n) is 6.31. The van der Waals surface area contributed by atoms with E-state index in [4.69, 9.17) is 0 Å². The quantitative estimate of drug-likeness (QED) is 0.444. The van der Waals surface area contributed by atoms with Gasteiger partial charge in [0.15, 0.2) is 0 Å². The van der Waals surface area contributed by atoms with E-state index in [1.807, 2.05) is 4.90 Å². The summed E-state index contributed by atoms with van der Waals surface area (Å²) in [6, 6.07) is 6.78. The van der Waals surface area contributed by atoms with Crippen LogP contribution in [0, 0.1) is 10.1 Å². The molecular formula is C18H27N3O3. The zero-order valence-electron chi connectivity index (χ0n) is 14.4. The summed E-state index contributed by atoms with van der Waals surface area (Å²) in [6.07, 6.45) is 7.35. The number of amides is 1. The number of nitrogens with one attached hydrogen (secondary N) is 1. The fourth-order valence-electron chi connectivity index (χ4n) is 3.35. The predicted octanol–water partition coefficient (Wildman–Crippen LogP) is 3.97. The van der Waals surface area contributed by atoms with Crippen LogP contribution in [0.15, 0.2) is 24.3 Å². The molecule has 0 atom stereocenters. The molecular weight excluding hydrogens is 306 g/mol. The van der Waals surface area contributed by atoms with E-state index < -0.39 is 4.92 Å². The van der Waals surface area contributed by atoms with Crippen LogP contribution in [0.4, 0.5) is 11.4 Å². The highest BCUT2D eigenvalue weighted by Gasteiger charge is 2.23. The van der Waals surface area contributed by atoms with Crippen LogP contribution in [0.1, 0.15) is 51.9 Å². The van der Waals surface area contributed by atoms with E-state index in [-0.39, 0.29) is 11.6 Å². The zero-order valence-corrected chi connectivity index (χ0v) is 14.4. The number of non-ortho nitro benzene ring substituents is 1. The van der Waals surface area contributed by atoms with Crippen LogP contribution < -0.4 is 5.32 Å². The first-order chi connectivity index (χ1) is 11.6. The molecule has 2 rings (SSSR count). The normalized spacial score (nSPS) is 15.0. The molecule has 0 bridgehead atoms. The maximum atomic E-state index is 12.4. The summed E-state index contributed by atoms with van der Waals surface area (Å²) in [4.78, 5) is 24.7. The smallest absolute Gasteiger partial charge is 0.269 e. The summed E-state index contributed by atoms with van der Waals surface area (Å²) in [6.45, 7) is 3.53. The molecule has 1 aliphatic rings. The molecule has 24 heavy (non-hydrogen) atoms. The first kappa shape index (κ1) is 18.2. The Balaban J connectivity index is 1.72. The van der Waals surface area contributed by atoms with Gasteiger partial charge in [-0.2, -0.15) is 0 Å². The first-order valence-electron chi connectivity index (χ1n) is 8.89. The van der Waals surface area contributed by atoms with Gasteiger partial charge in [0.05, 0.1) is 4.92 Å². The fourth-order valence-corrected chi connectivity index (χ4v) is 3.35. The van der Waals surface area contributed by atoms with Gasteiger partial charge in [0.1, 0.15) is 0 Å². The fraction of sp³-hybridized carbons (Fsp3) is 0.611. The number of nitro benzene ring substituents is 1. The third-order valence-corrected chi connectivity index (χ3v) is 4.65. The first-order valence-corrected chi connectivity index (χ1v) is 8.89. The minimum Gasteiger partial charge on any atom is -0.385 e. The summed E-state index contributed by atoms with van der Waals surface area (Å²) in [5.41, 5.74) is 0.925. The monoisotopic (exact) mass is 333 g/mol. The van der Waals surface area contributed by atoms with Crippen molar-refractivity contribution in [2.75, 3.05) is 18.4 Å². The van der Waals surface area contributed by atoms with Crippen LogP contribution >= 0.6 is 0 Å². The molecule has 0 unspecified atom stereocenters. The van der Waals surface area contributed by atoms with Gasteiger partial charge in [0, 0.05) is 43.4 Å². The van der Waals surface area contributed by atoms with Crippen molar-refractivity contribution in [2.24, 2.45) is 0 Å². The van der Waals surface area contributed by atoms with E-state index in [1.54, 1.807) is 12.1 Å². The molecule has 1 fully saturated rings. The number of benzene rings is 1. The average molecular weight is 333 g/mol. The Bertz CT molecular complexity index is 539. The van der Waals surface area contributed by atoms with E-state index in [2.05, 4.69) is 12.2 Å². The van der Waals surface area contributed by atoms with Gasteiger partial charge in [-0.25, -0.2) is 0 Å². The molecule has 1 saturated carbocycles. The van der Waals surface area contributed by atoms with Gasteiger partial charge in [0.25, 0.3) is 5.69 Å². The van der Waals surface area contributed by atoms with Crippen LogP contribution in [0.5, 0.6) is 0 Å². The molecule has 1 aromatic carbocycles. The van der Waals surface area contributed by atoms with Crippen LogP contribution in [0.25, 0.3) is 0 Å². The summed E-state index contributed by atoms with van der Waals surface area (Å²) in [5, 5.41) is 13.8. The van der Waals surface area contributed by atoms with Gasteiger partial charge in [-0.3, -0.25) is 14.9 Å². The molecule has 0 radical (unpaired) electrons. The Labute approximate surface area is 143 Å². The van der Waals surface area contributed by atoms with Crippen molar-refractivity contribution in [1.82, 2.24) is 4.90 Å². The number of carbonyl (C=O) groups excluding carboxylic acids is 1. The Morgan fingerprint density at radius 3 is 2.50 bits per heavy atom. The summed E-state index contributed by atoms with van der Waals surface area (Å²) in [7, 11) is 0.